The molecule has 0 amide bonds. The smallest absolute Gasteiger partial charge is 0.176 e. The summed E-state index contributed by atoms with van der Waals surface area (Å²) in [7, 11) is 0. The molecule has 1 fully saturated rings. The van der Waals surface area contributed by atoms with Crippen molar-refractivity contribution in [2.45, 2.75) is 44.8 Å². The van der Waals surface area contributed by atoms with E-state index in [9.17, 15) is 5.11 Å². The summed E-state index contributed by atoms with van der Waals surface area (Å²) in [5, 5.41) is 27.8. The molecular weight excluding hydrogens is 228 g/mol. The first-order valence-electron chi connectivity index (χ1n) is 6.28. The van der Waals surface area contributed by atoms with Crippen molar-refractivity contribution < 1.29 is 5.11 Å². The summed E-state index contributed by atoms with van der Waals surface area (Å²) in [5.41, 5.74) is 0.369. The van der Waals surface area contributed by atoms with Gasteiger partial charge in [-0.3, -0.25) is 0 Å². The molecule has 1 N–H and O–H groups in total. The quantitative estimate of drug-likeness (QED) is 0.871. The summed E-state index contributed by atoms with van der Waals surface area (Å²) < 4.78 is 1.57. The molecule has 1 aliphatic carbocycles. The number of aliphatic hydroxyl groups excluding tert-OH is 1. The Balaban J connectivity index is 1.98. The highest BCUT2D eigenvalue weighted by atomic mass is 16.3. The predicted molar refractivity (Wildman–Crippen MR) is 64.2 cm³/mol. The third-order valence-electron chi connectivity index (χ3n) is 3.54. The Morgan fingerprint density at radius 1 is 1.39 bits per heavy atom. The van der Waals surface area contributed by atoms with Crippen LogP contribution in [-0.2, 0) is 6.54 Å². The molecule has 1 atom stereocenters. The van der Waals surface area contributed by atoms with Gasteiger partial charge in [-0.15, -0.1) is 0 Å². The first-order chi connectivity index (χ1) is 8.74. The number of hydrogen-bond acceptors (Lipinski definition) is 4. The van der Waals surface area contributed by atoms with E-state index in [-0.39, 0.29) is 11.4 Å². The standard InChI is InChI=1S/C13H16N4O/c14-6-12-13(7-15)17(9-16-12)8-11(18)5-10-3-1-2-4-10/h9-11,18H,1-5,8H2. The first-order valence-corrected chi connectivity index (χ1v) is 6.28. The van der Waals surface area contributed by atoms with Crippen LogP contribution in [0.2, 0.25) is 0 Å². The normalized spacial score (nSPS) is 17.3. The van der Waals surface area contributed by atoms with E-state index in [0.717, 1.165) is 6.42 Å². The van der Waals surface area contributed by atoms with E-state index in [4.69, 9.17) is 10.5 Å². The molecule has 0 spiro atoms. The van der Waals surface area contributed by atoms with Crippen molar-refractivity contribution in [2.24, 2.45) is 5.92 Å². The molecule has 5 nitrogen and oxygen atoms in total. The van der Waals surface area contributed by atoms with Crippen LogP contribution in [0.1, 0.15) is 43.5 Å². The van der Waals surface area contributed by atoms with E-state index in [1.807, 2.05) is 12.1 Å². The van der Waals surface area contributed by atoms with Gasteiger partial charge < -0.3 is 9.67 Å². The molecule has 2 rings (SSSR count). The number of hydrogen-bond donors (Lipinski definition) is 1. The molecule has 1 unspecified atom stereocenters. The van der Waals surface area contributed by atoms with E-state index < -0.39 is 6.10 Å². The minimum Gasteiger partial charge on any atom is -0.391 e. The number of aromatic nitrogens is 2. The largest absolute Gasteiger partial charge is 0.391 e. The second-order valence-electron chi connectivity index (χ2n) is 4.86. The van der Waals surface area contributed by atoms with Crippen molar-refractivity contribution in [3.63, 3.8) is 0 Å². The van der Waals surface area contributed by atoms with Crippen molar-refractivity contribution in [3.8, 4) is 12.1 Å². The van der Waals surface area contributed by atoms with Crippen LogP contribution in [0.25, 0.3) is 0 Å². The molecule has 1 aliphatic rings. The number of rotatable bonds is 4. The van der Waals surface area contributed by atoms with E-state index in [1.165, 1.54) is 32.0 Å². The molecule has 1 heterocycles. The third-order valence-corrected chi connectivity index (χ3v) is 3.54. The molecule has 1 saturated carbocycles. The maximum Gasteiger partial charge on any atom is 0.176 e. The van der Waals surface area contributed by atoms with Gasteiger partial charge in [0.2, 0.25) is 0 Å². The number of nitriles is 2. The Bertz CT molecular complexity index is 488. The van der Waals surface area contributed by atoms with Gasteiger partial charge in [-0.25, -0.2) is 4.98 Å². The average Bonchev–Trinajstić information content (AvgIpc) is 2.98. The Morgan fingerprint density at radius 3 is 2.72 bits per heavy atom. The maximum absolute atomic E-state index is 10.0. The highest BCUT2D eigenvalue weighted by molar-refractivity contribution is 5.36. The second kappa shape index (κ2) is 5.66. The average molecular weight is 244 g/mol. The molecule has 1 aromatic heterocycles. The summed E-state index contributed by atoms with van der Waals surface area (Å²) >= 11 is 0. The SMILES string of the molecule is N#Cc1ncn(CC(O)CC2CCCC2)c1C#N. The monoisotopic (exact) mass is 244 g/mol. The minimum atomic E-state index is -0.471. The Labute approximate surface area is 106 Å². The van der Waals surface area contributed by atoms with E-state index in [1.54, 1.807) is 4.57 Å². The Kier molecular flexibility index (Phi) is 3.96. The van der Waals surface area contributed by atoms with Crippen LogP contribution in [-0.4, -0.2) is 20.8 Å². The zero-order valence-electron chi connectivity index (χ0n) is 10.2. The van der Waals surface area contributed by atoms with Gasteiger partial charge in [0, 0.05) is 0 Å². The van der Waals surface area contributed by atoms with Gasteiger partial charge in [0.25, 0.3) is 0 Å². The summed E-state index contributed by atoms with van der Waals surface area (Å²) in [6.45, 7) is 0.341. The van der Waals surface area contributed by atoms with Crippen LogP contribution in [0.5, 0.6) is 0 Å². The van der Waals surface area contributed by atoms with E-state index >= 15 is 0 Å². The molecular formula is C13H16N4O. The second-order valence-corrected chi connectivity index (χ2v) is 4.86. The van der Waals surface area contributed by atoms with E-state index in [0.29, 0.717) is 12.5 Å². The fraction of sp³-hybridized carbons (Fsp3) is 0.615. The highest BCUT2D eigenvalue weighted by Gasteiger charge is 2.20. The molecule has 0 bridgehead atoms. The Hall–Kier alpha value is -1.85. The van der Waals surface area contributed by atoms with Crippen molar-refractivity contribution >= 4 is 0 Å². The van der Waals surface area contributed by atoms with Gasteiger partial charge in [0.15, 0.2) is 11.4 Å². The lowest BCUT2D eigenvalue weighted by atomic mass is 10.00. The summed E-state index contributed by atoms with van der Waals surface area (Å²) in [4.78, 5) is 3.86. The van der Waals surface area contributed by atoms with Crippen molar-refractivity contribution in [1.29, 1.82) is 10.5 Å². The molecule has 0 radical (unpaired) electrons. The lowest BCUT2D eigenvalue weighted by Crippen LogP contribution is -2.19. The van der Waals surface area contributed by atoms with Gasteiger partial charge in [-0.1, -0.05) is 25.7 Å². The molecule has 1 aromatic rings. The summed E-state index contributed by atoms with van der Waals surface area (Å²) in [6.07, 6.45) is 6.64. The minimum absolute atomic E-state index is 0.130. The number of nitrogens with zero attached hydrogens (tertiary/aromatic N) is 4. The van der Waals surface area contributed by atoms with Crippen LogP contribution in [0, 0.1) is 28.6 Å². The van der Waals surface area contributed by atoms with Crippen molar-refractivity contribution in [2.75, 3.05) is 0 Å². The van der Waals surface area contributed by atoms with Crippen LogP contribution in [0.15, 0.2) is 6.33 Å². The van der Waals surface area contributed by atoms with Crippen LogP contribution >= 0.6 is 0 Å². The van der Waals surface area contributed by atoms with Gasteiger partial charge in [-0.05, 0) is 12.3 Å². The van der Waals surface area contributed by atoms with Crippen LogP contribution in [0.3, 0.4) is 0 Å². The zero-order valence-corrected chi connectivity index (χ0v) is 10.2. The highest BCUT2D eigenvalue weighted by Crippen LogP contribution is 2.28. The molecule has 0 saturated heterocycles. The van der Waals surface area contributed by atoms with Crippen LogP contribution in [0.4, 0.5) is 0 Å². The van der Waals surface area contributed by atoms with Gasteiger partial charge in [0.1, 0.15) is 12.1 Å². The molecule has 5 heteroatoms. The van der Waals surface area contributed by atoms with E-state index in [2.05, 4.69) is 4.98 Å². The fourth-order valence-corrected chi connectivity index (χ4v) is 2.65. The number of imidazole rings is 1. The lowest BCUT2D eigenvalue weighted by Gasteiger charge is -2.16. The van der Waals surface area contributed by atoms with Crippen molar-refractivity contribution in [3.05, 3.63) is 17.7 Å². The zero-order chi connectivity index (χ0) is 13.0. The lowest BCUT2D eigenvalue weighted by molar-refractivity contribution is 0.124. The topological polar surface area (TPSA) is 85.6 Å². The molecule has 94 valence electrons. The third kappa shape index (κ3) is 2.69. The molecule has 0 aromatic carbocycles. The summed E-state index contributed by atoms with van der Waals surface area (Å²) in [6, 6.07) is 3.84. The van der Waals surface area contributed by atoms with Crippen molar-refractivity contribution in [1.82, 2.24) is 9.55 Å². The molecule has 0 aliphatic heterocycles. The van der Waals surface area contributed by atoms with Crippen LogP contribution < -0.4 is 0 Å². The Morgan fingerprint density at radius 2 is 2.11 bits per heavy atom. The maximum atomic E-state index is 10.0. The van der Waals surface area contributed by atoms with Gasteiger partial charge >= 0.3 is 0 Å². The van der Waals surface area contributed by atoms with Gasteiger partial charge in [0.05, 0.1) is 19.0 Å². The van der Waals surface area contributed by atoms with Gasteiger partial charge in [-0.2, -0.15) is 10.5 Å². The summed E-state index contributed by atoms with van der Waals surface area (Å²) in [5.74, 6) is 0.601. The predicted octanol–water partition coefficient (Wildman–Crippen LogP) is 1.57. The molecule has 18 heavy (non-hydrogen) atoms. The number of aliphatic hydroxyl groups is 1. The first kappa shape index (κ1) is 12.6. The fourth-order valence-electron chi connectivity index (χ4n) is 2.65.